The third-order valence-corrected chi connectivity index (χ3v) is 2.97. The van der Waals surface area contributed by atoms with E-state index in [1.807, 2.05) is 0 Å². The van der Waals surface area contributed by atoms with E-state index < -0.39 is 6.04 Å². The quantitative estimate of drug-likeness (QED) is 0.750. The Labute approximate surface area is 115 Å². The largest absolute Gasteiger partial charge is 0.504 e. The van der Waals surface area contributed by atoms with Crippen molar-refractivity contribution in [3.8, 4) is 17.6 Å². The molecular weight excluding hydrogens is 264 g/mol. The van der Waals surface area contributed by atoms with Crippen LogP contribution in [0.2, 0.25) is 5.02 Å². The molecule has 19 heavy (non-hydrogen) atoms. The van der Waals surface area contributed by atoms with E-state index in [2.05, 4.69) is 11.4 Å². The van der Waals surface area contributed by atoms with E-state index in [0.717, 1.165) is 0 Å². The smallest absolute Gasteiger partial charge is 0.157 e. The molecule has 0 aliphatic carbocycles. The second kappa shape index (κ2) is 5.51. The summed E-state index contributed by atoms with van der Waals surface area (Å²) in [7, 11) is 0. The third-order valence-electron chi connectivity index (χ3n) is 2.64. The van der Waals surface area contributed by atoms with Gasteiger partial charge in [0.2, 0.25) is 0 Å². The fourth-order valence-electron chi connectivity index (χ4n) is 1.64. The Kier molecular flexibility index (Phi) is 3.79. The van der Waals surface area contributed by atoms with E-state index in [1.165, 1.54) is 12.1 Å². The minimum atomic E-state index is -0.675. The number of phenolic OH excluding ortho intramolecular Hbond substituents is 2. The van der Waals surface area contributed by atoms with Crippen LogP contribution in [0.4, 0.5) is 5.69 Å². The molecule has 0 aromatic heterocycles. The molecule has 0 saturated carbocycles. The lowest BCUT2D eigenvalue weighted by atomic mass is 10.1. The molecule has 96 valence electrons. The summed E-state index contributed by atoms with van der Waals surface area (Å²) in [5.74, 6) is -0.489. The number of nitriles is 1. The highest BCUT2D eigenvalue weighted by molar-refractivity contribution is 6.33. The minimum absolute atomic E-state index is 0.224. The van der Waals surface area contributed by atoms with Gasteiger partial charge in [-0.05, 0) is 29.8 Å². The Hall–Kier alpha value is -2.38. The number of halogens is 1. The molecule has 0 aliphatic heterocycles. The summed E-state index contributed by atoms with van der Waals surface area (Å²) < 4.78 is 0. The van der Waals surface area contributed by atoms with E-state index in [0.29, 0.717) is 16.3 Å². The first-order valence-corrected chi connectivity index (χ1v) is 5.92. The first-order valence-electron chi connectivity index (χ1n) is 5.54. The van der Waals surface area contributed by atoms with Gasteiger partial charge in [-0.2, -0.15) is 5.26 Å². The Morgan fingerprint density at radius 2 is 1.84 bits per heavy atom. The van der Waals surface area contributed by atoms with Gasteiger partial charge in [-0.3, -0.25) is 0 Å². The zero-order valence-corrected chi connectivity index (χ0v) is 10.6. The molecule has 0 saturated heterocycles. The zero-order chi connectivity index (χ0) is 13.8. The van der Waals surface area contributed by atoms with Crippen molar-refractivity contribution in [3.05, 3.63) is 53.1 Å². The normalized spacial score (nSPS) is 11.6. The van der Waals surface area contributed by atoms with Crippen LogP contribution in [0.5, 0.6) is 11.5 Å². The Morgan fingerprint density at radius 1 is 1.11 bits per heavy atom. The highest BCUT2D eigenvalue weighted by Gasteiger charge is 2.13. The number of rotatable bonds is 3. The van der Waals surface area contributed by atoms with Crippen molar-refractivity contribution in [2.75, 3.05) is 5.32 Å². The summed E-state index contributed by atoms with van der Waals surface area (Å²) >= 11 is 6.01. The molecule has 4 nitrogen and oxygen atoms in total. The topological polar surface area (TPSA) is 76.3 Å². The minimum Gasteiger partial charge on any atom is -0.504 e. The molecule has 1 atom stereocenters. The van der Waals surface area contributed by atoms with Crippen molar-refractivity contribution >= 4 is 17.3 Å². The van der Waals surface area contributed by atoms with Crippen LogP contribution < -0.4 is 5.32 Å². The standard InChI is InChI=1S/C14H11ClN2O2/c15-10-3-1-2-4-11(10)17-12(8-16)9-5-6-13(18)14(19)7-9/h1-7,12,17-19H. The van der Waals surface area contributed by atoms with Gasteiger partial charge in [0.15, 0.2) is 11.5 Å². The monoisotopic (exact) mass is 274 g/mol. The van der Waals surface area contributed by atoms with Crippen LogP contribution in [0.1, 0.15) is 11.6 Å². The van der Waals surface area contributed by atoms with Crippen LogP contribution >= 0.6 is 11.6 Å². The number of nitrogens with zero attached hydrogens (tertiary/aromatic N) is 1. The number of phenols is 2. The predicted molar refractivity (Wildman–Crippen MR) is 73.2 cm³/mol. The highest BCUT2D eigenvalue weighted by atomic mass is 35.5. The average Bonchev–Trinajstić information content (AvgIpc) is 2.41. The van der Waals surface area contributed by atoms with Crippen molar-refractivity contribution in [3.63, 3.8) is 0 Å². The first kappa shape index (κ1) is 13.1. The van der Waals surface area contributed by atoms with Crippen molar-refractivity contribution in [1.82, 2.24) is 0 Å². The van der Waals surface area contributed by atoms with Crippen LogP contribution in [0.15, 0.2) is 42.5 Å². The van der Waals surface area contributed by atoms with Crippen molar-refractivity contribution < 1.29 is 10.2 Å². The fourth-order valence-corrected chi connectivity index (χ4v) is 1.83. The number of benzene rings is 2. The average molecular weight is 275 g/mol. The summed E-state index contributed by atoms with van der Waals surface area (Å²) in [6.45, 7) is 0. The number of para-hydroxylation sites is 1. The van der Waals surface area contributed by atoms with Gasteiger partial charge in [-0.25, -0.2) is 0 Å². The van der Waals surface area contributed by atoms with Crippen LogP contribution in [-0.4, -0.2) is 10.2 Å². The molecule has 0 fully saturated rings. The maximum absolute atomic E-state index is 9.45. The molecule has 0 radical (unpaired) electrons. The van der Waals surface area contributed by atoms with E-state index >= 15 is 0 Å². The molecule has 2 rings (SSSR count). The van der Waals surface area contributed by atoms with Crippen LogP contribution in [0.3, 0.4) is 0 Å². The van der Waals surface area contributed by atoms with E-state index in [1.54, 1.807) is 30.3 Å². The van der Waals surface area contributed by atoms with Gasteiger partial charge in [0.1, 0.15) is 6.04 Å². The van der Waals surface area contributed by atoms with Gasteiger partial charge in [0.25, 0.3) is 0 Å². The molecule has 0 bridgehead atoms. The van der Waals surface area contributed by atoms with Gasteiger partial charge in [-0.1, -0.05) is 29.8 Å². The Morgan fingerprint density at radius 3 is 2.47 bits per heavy atom. The molecule has 5 heteroatoms. The summed E-state index contributed by atoms with van der Waals surface area (Å²) in [5.41, 5.74) is 1.17. The fraction of sp³-hybridized carbons (Fsp3) is 0.0714. The number of hydrogen-bond acceptors (Lipinski definition) is 4. The number of aromatic hydroxyl groups is 2. The summed E-state index contributed by atoms with van der Waals surface area (Å²) in [5, 5.41) is 31.4. The molecule has 0 spiro atoms. The molecule has 0 amide bonds. The highest BCUT2D eigenvalue weighted by Crippen LogP contribution is 2.30. The lowest BCUT2D eigenvalue weighted by Gasteiger charge is -2.14. The summed E-state index contributed by atoms with van der Waals surface area (Å²) in [4.78, 5) is 0. The van der Waals surface area contributed by atoms with Crippen molar-refractivity contribution in [2.45, 2.75) is 6.04 Å². The lowest BCUT2D eigenvalue weighted by molar-refractivity contribution is 0.403. The van der Waals surface area contributed by atoms with Crippen molar-refractivity contribution in [1.29, 1.82) is 5.26 Å². The van der Waals surface area contributed by atoms with Gasteiger partial charge in [-0.15, -0.1) is 0 Å². The second-order valence-corrected chi connectivity index (χ2v) is 4.34. The molecular formula is C14H11ClN2O2. The molecule has 2 aromatic rings. The molecule has 0 heterocycles. The molecule has 2 aromatic carbocycles. The summed E-state index contributed by atoms with van der Waals surface area (Å²) in [6.07, 6.45) is 0. The van der Waals surface area contributed by atoms with E-state index in [4.69, 9.17) is 11.6 Å². The van der Waals surface area contributed by atoms with Gasteiger partial charge in [0.05, 0.1) is 16.8 Å². The molecule has 0 aliphatic rings. The maximum Gasteiger partial charge on any atom is 0.157 e. The van der Waals surface area contributed by atoms with E-state index in [-0.39, 0.29) is 11.5 Å². The second-order valence-electron chi connectivity index (χ2n) is 3.93. The maximum atomic E-state index is 9.45. The third kappa shape index (κ3) is 2.90. The Bertz CT molecular complexity index is 638. The molecule has 1 unspecified atom stereocenters. The van der Waals surface area contributed by atoms with Gasteiger partial charge >= 0.3 is 0 Å². The predicted octanol–water partition coefficient (Wildman–Crippen LogP) is 3.43. The Balaban J connectivity index is 2.28. The lowest BCUT2D eigenvalue weighted by Crippen LogP contribution is -2.08. The number of anilines is 1. The summed E-state index contributed by atoms with van der Waals surface area (Å²) in [6, 6.07) is 12.7. The number of nitrogens with one attached hydrogen (secondary N) is 1. The van der Waals surface area contributed by atoms with E-state index in [9.17, 15) is 15.5 Å². The molecule has 3 N–H and O–H groups in total. The zero-order valence-electron chi connectivity index (χ0n) is 9.84. The van der Waals surface area contributed by atoms with Gasteiger partial charge < -0.3 is 15.5 Å². The van der Waals surface area contributed by atoms with Crippen LogP contribution in [0.25, 0.3) is 0 Å². The SMILES string of the molecule is N#CC(Nc1ccccc1Cl)c1ccc(O)c(O)c1. The number of hydrogen-bond donors (Lipinski definition) is 3. The first-order chi connectivity index (χ1) is 9.11. The van der Waals surface area contributed by atoms with Crippen LogP contribution in [-0.2, 0) is 0 Å². The van der Waals surface area contributed by atoms with Crippen molar-refractivity contribution in [2.24, 2.45) is 0 Å². The van der Waals surface area contributed by atoms with Gasteiger partial charge in [0, 0.05) is 0 Å². The van der Waals surface area contributed by atoms with Crippen LogP contribution in [0, 0.1) is 11.3 Å².